The third kappa shape index (κ3) is 4.84. The van der Waals surface area contributed by atoms with Crippen LogP contribution in [0.25, 0.3) is 22.2 Å². The van der Waals surface area contributed by atoms with Gasteiger partial charge in [0.2, 0.25) is 0 Å². The molecule has 2 aliphatic rings. The van der Waals surface area contributed by atoms with Gasteiger partial charge in [-0.25, -0.2) is 4.79 Å². The van der Waals surface area contributed by atoms with Crippen molar-refractivity contribution in [3.8, 4) is 23.1 Å². The number of anilines is 1. The van der Waals surface area contributed by atoms with Gasteiger partial charge in [0, 0.05) is 23.2 Å². The van der Waals surface area contributed by atoms with Crippen molar-refractivity contribution in [3.63, 3.8) is 0 Å². The van der Waals surface area contributed by atoms with Crippen molar-refractivity contribution in [2.24, 2.45) is 5.10 Å². The van der Waals surface area contributed by atoms with Crippen molar-refractivity contribution in [1.82, 2.24) is 15.1 Å². The van der Waals surface area contributed by atoms with E-state index in [0.717, 1.165) is 40.8 Å². The number of rotatable bonds is 8. The Labute approximate surface area is 209 Å². The molecule has 0 atom stereocenters. The molecule has 0 spiro atoms. The Bertz CT molecular complexity index is 1310. The average molecular weight is 489 g/mol. The van der Waals surface area contributed by atoms with Gasteiger partial charge in [0.1, 0.15) is 25.0 Å². The topological polar surface area (TPSA) is 121 Å². The molecule has 0 bridgehead atoms. The first-order chi connectivity index (χ1) is 17.5. The van der Waals surface area contributed by atoms with Crippen molar-refractivity contribution < 1.29 is 19.8 Å². The van der Waals surface area contributed by atoms with Gasteiger partial charge < -0.3 is 14.0 Å². The maximum absolute atomic E-state index is 12.0. The zero-order valence-electron chi connectivity index (χ0n) is 20.4. The first-order valence-electron chi connectivity index (χ1n) is 12.2. The minimum absolute atomic E-state index is 0.196. The van der Waals surface area contributed by atoms with E-state index in [0.29, 0.717) is 30.4 Å². The minimum atomic E-state index is -0.488. The Hall–Kier alpha value is -4.07. The summed E-state index contributed by atoms with van der Waals surface area (Å²) in [6.07, 6.45) is 4.26. The number of quaternary nitrogens is 1. The largest absolute Gasteiger partial charge is 0.492 e. The van der Waals surface area contributed by atoms with E-state index in [2.05, 4.69) is 26.5 Å². The van der Waals surface area contributed by atoms with Gasteiger partial charge in [-0.2, -0.15) is 5.26 Å². The highest BCUT2D eigenvalue weighted by atomic mass is 16.6. The van der Waals surface area contributed by atoms with E-state index in [1.165, 1.54) is 6.42 Å². The number of hydrogen-bond donors (Lipinski definition) is 3. The molecule has 3 aromatic rings. The Morgan fingerprint density at radius 1 is 1.28 bits per heavy atom. The number of nitrogens with two attached hydrogens (primary N) is 1. The normalized spacial score (nSPS) is 15.5. The molecular formula is C26H30N7O3+. The summed E-state index contributed by atoms with van der Waals surface area (Å²) in [5.74, 6) is 0.764. The van der Waals surface area contributed by atoms with Crippen LogP contribution in [0.3, 0.4) is 0 Å². The van der Waals surface area contributed by atoms with Crippen LogP contribution >= 0.6 is 0 Å². The third-order valence-electron chi connectivity index (χ3n) is 6.38. The highest BCUT2D eigenvalue weighted by Gasteiger charge is 2.28. The van der Waals surface area contributed by atoms with E-state index in [9.17, 15) is 10.1 Å². The molecule has 0 radical (unpaired) electrons. The minimum Gasteiger partial charge on any atom is -0.492 e. The molecule has 2 heterocycles. The molecule has 1 fully saturated rings. The van der Waals surface area contributed by atoms with Gasteiger partial charge in [-0.3, -0.25) is 10.7 Å². The molecule has 0 unspecified atom stereocenters. The summed E-state index contributed by atoms with van der Waals surface area (Å²) >= 11 is 0. The number of nitrogens with one attached hydrogen (secondary N) is 2. The van der Waals surface area contributed by atoms with Crippen LogP contribution in [0.15, 0.2) is 47.6 Å². The lowest BCUT2D eigenvalue weighted by Gasteiger charge is -2.30. The predicted molar refractivity (Wildman–Crippen MR) is 136 cm³/mol. The molecule has 10 nitrogen and oxygen atoms in total. The molecule has 5 rings (SSSR count). The number of benzene rings is 2. The van der Waals surface area contributed by atoms with Gasteiger partial charge in [0.05, 0.1) is 22.9 Å². The Morgan fingerprint density at radius 3 is 2.72 bits per heavy atom. The van der Waals surface area contributed by atoms with Crippen molar-refractivity contribution in [1.29, 1.82) is 5.26 Å². The molecule has 186 valence electrons. The summed E-state index contributed by atoms with van der Waals surface area (Å²) in [5, 5.41) is 19.7. The lowest BCUT2D eigenvalue weighted by molar-refractivity contribution is -0.808. The number of ether oxygens (including phenoxy) is 2. The highest BCUT2D eigenvalue weighted by molar-refractivity contribution is 5.96. The standard InChI is InChI=1S/C26H29N7O3/c1-17(2)36-26(34)30-19-8-6-18(7-9-19)25-23(15-27)22-11-10-21(35-13-12-32-29-16-28-31-32)14-24(22)33(25)20-4-3-5-20/h6-11,14,16-17,20,31H,3-5,12-13H2,1-2H3,(H,28,29)(H,30,34)/p+1. The third-order valence-corrected chi connectivity index (χ3v) is 6.38. The Kier molecular flexibility index (Phi) is 6.75. The van der Waals surface area contributed by atoms with E-state index < -0.39 is 6.09 Å². The lowest BCUT2D eigenvalue weighted by Crippen LogP contribution is -2.88. The number of nitriles is 1. The van der Waals surface area contributed by atoms with Crippen LogP contribution in [-0.2, 0) is 4.74 Å². The van der Waals surface area contributed by atoms with E-state index >= 15 is 0 Å². The smallest absolute Gasteiger partial charge is 0.411 e. The molecule has 1 aliphatic carbocycles. The number of aromatic nitrogens is 1. The van der Waals surface area contributed by atoms with Crippen molar-refractivity contribution in [3.05, 3.63) is 48.0 Å². The molecule has 10 heteroatoms. The van der Waals surface area contributed by atoms with Crippen LogP contribution in [0.5, 0.6) is 5.75 Å². The van der Waals surface area contributed by atoms with Crippen LogP contribution in [-0.4, -0.2) is 41.4 Å². The quantitative estimate of drug-likeness (QED) is 0.418. The number of carbonyl (C=O) groups is 1. The molecule has 1 saturated carbocycles. The Balaban J connectivity index is 1.45. The number of carbonyl (C=O) groups excluding carboxylic acids is 1. The van der Waals surface area contributed by atoms with Gasteiger partial charge in [0.15, 0.2) is 6.34 Å². The molecule has 0 saturated heterocycles. The maximum atomic E-state index is 12.0. The van der Waals surface area contributed by atoms with Crippen molar-refractivity contribution in [2.45, 2.75) is 45.3 Å². The van der Waals surface area contributed by atoms with Crippen molar-refractivity contribution >= 4 is 29.0 Å². The summed E-state index contributed by atoms with van der Waals surface area (Å²) in [6.45, 7) is 4.76. The second-order valence-electron chi connectivity index (χ2n) is 9.19. The van der Waals surface area contributed by atoms with Gasteiger partial charge in [-0.15, -0.1) is 5.53 Å². The Morgan fingerprint density at radius 2 is 2.08 bits per heavy atom. The van der Waals surface area contributed by atoms with Crippen molar-refractivity contribution in [2.75, 3.05) is 18.5 Å². The van der Waals surface area contributed by atoms with Gasteiger partial charge in [-0.1, -0.05) is 17.2 Å². The molecular weight excluding hydrogens is 458 g/mol. The zero-order valence-corrected chi connectivity index (χ0v) is 20.4. The zero-order chi connectivity index (χ0) is 25.1. The van der Waals surface area contributed by atoms with E-state index in [1.54, 1.807) is 25.7 Å². The summed E-state index contributed by atoms with van der Waals surface area (Å²) in [6, 6.07) is 16.3. The predicted octanol–water partition coefficient (Wildman–Crippen LogP) is 3.48. The number of amides is 1. The molecule has 1 amide bonds. The van der Waals surface area contributed by atoms with E-state index in [-0.39, 0.29) is 6.10 Å². The monoisotopic (exact) mass is 488 g/mol. The summed E-state index contributed by atoms with van der Waals surface area (Å²) in [5.41, 5.74) is 8.84. The summed E-state index contributed by atoms with van der Waals surface area (Å²) in [7, 11) is 0. The fraction of sp³-hybridized carbons (Fsp3) is 0.346. The first kappa shape index (κ1) is 23.7. The first-order valence-corrected chi connectivity index (χ1v) is 12.2. The van der Waals surface area contributed by atoms with E-state index in [4.69, 9.17) is 9.47 Å². The van der Waals surface area contributed by atoms with E-state index in [1.807, 2.05) is 47.6 Å². The summed E-state index contributed by atoms with van der Waals surface area (Å²) in [4.78, 5) is 12.0. The molecule has 1 aliphatic heterocycles. The lowest BCUT2D eigenvalue weighted by atomic mass is 9.92. The van der Waals surface area contributed by atoms with Gasteiger partial charge in [-0.05, 0) is 68.1 Å². The van der Waals surface area contributed by atoms with Gasteiger partial charge in [0.25, 0.3) is 0 Å². The average Bonchev–Trinajstić information content (AvgIpc) is 3.44. The molecule has 2 aromatic carbocycles. The number of hydrazine groups is 1. The summed E-state index contributed by atoms with van der Waals surface area (Å²) < 4.78 is 13.5. The number of fused-ring (bicyclic) bond motifs is 1. The number of hydrogen-bond acceptors (Lipinski definition) is 7. The van der Waals surface area contributed by atoms with Gasteiger partial charge >= 0.3 is 6.09 Å². The van der Waals surface area contributed by atoms with Crippen LogP contribution in [0.1, 0.15) is 44.7 Å². The van der Waals surface area contributed by atoms with Crippen LogP contribution in [0.2, 0.25) is 0 Å². The van der Waals surface area contributed by atoms with Crippen LogP contribution in [0.4, 0.5) is 10.5 Å². The van der Waals surface area contributed by atoms with Crippen LogP contribution < -0.4 is 21.0 Å². The second-order valence-corrected chi connectivity index (χ2v) is 9.19. The molecule has 4 N–H and O–H groups in total. The SMILES string of the molecule is CC(C)OC(=O)Nc1ccc(-c2c(C#N)c3ccc(OCCN4NC=N[NH2+]4)cc3n2C2CCC2)cc1. The fourth-order valence-electron chi connectivity index (χ4n) is 4.51. The molecule has 36 heavy (non-hydrogen) atoms. The highest BCUT2D eigenvalue weighted by Crippen LogP contribution is 2.43. The second kappa shape index (κ2) is 10.3. The molecule has 1 aromatic heterocycles. The van der Waals surface area contributed by atoms with Crippen LogP contribution in [0, 0.1) is 11.3 Å². The number of nitrogens with zero attached hydrogens (tertiary/aromatic N) is 4. The maximum Gasteiger partial charge on any atom is 0.411 e. The fourth-order valence-corrected chi connectivity index (χ4v) is 4.51.